The number of rotatable bonds is 5. The van der Waals surface area contributed by atoms with E-state index in [0.29, 0.717) is 45.9 Å². The van der Waals surface area contributed by atoms with Crippen LogP contribution in [0.3, 0.4) is 0 Å². The number of nitrogens with zero attached hydrogens (tertiary/aromatic N) is 2. The monoisotopic (exact) mass is 552 g/mol. The Morgan fingerprint density at radius 2 is 1.94 bits per heavy atom. The van der Waals surface area contributed by atoms with E-state index in [1.54, 1.807) is 48.8 Å². The average Bonchev–Trinajstić information content (AvgIpc) is 3.15. The minimum absolute atomic E-state index is 0.0712. The van der Waals surface area contributed by atoms with Crippen LogP contribution in [0.15, 0.2) is 64.9 Å². The van der Waals surface area contributed by atoms with Crippen LogP contribution in [-0.2, 0) is 16.1 Å². The molecule has 0 spiro atoms. The number of methoxy groups -OCH3 is 1. The zero-order valence-electron chi connectivity index (χ0n) is 19.1. The van der Waals surface area contributed by atoms with Gasteiger partial charge in [-0.2, -0.15) is 0 Å². The van der Waals surface area contributed by atoms with Gasteiger partial charge in [0.25, 0.3) is 11.7 Å². The molecule has 2 aliphatic rings. The van der Waals surface area contributed by atoms with Crippen molar-refractivity contribution in [2.75, 3.05) is 20.3 Å². The highest BCUT2D eigenvalue weighted by atomic mass is 79.9. The number of aromatic hydroxyl groups is 1. The number of phenols is 1. The lowest BCUT2D eigenvalue weighted by Crippen LogP contribution is -2.29. The average molecular weight is 553 g/mol. The van der Waals surface area contributed by atoms with E-state index in [4.69, 9.17) is 14.2 Å². The van der Waals surface area contributed by atoms with Gasteiger partial charge in [-0.3, -0.25) is 14.6 Å². The quantitative estimate of drug-likeness (QED) is 0.277. The fourth-order valence-electron chi connectivity index (χ4n) is 4.33. The van der Waals surface area contributed by atoms with Crippen molar-refractivity contribution in [3.05, 3.63) is 81.6 Å². The number of aliphatic hydroxyl groups is 1. The Kier molecular flexibility index (Phi) is 6.27. The number of likely N-dealkylation sites (tertiary alicyclic amines) is 1. The summed E-state index contributed by atoms with van der Waals surface area (Å²) in [6, 6.07) is 10.5. The molecule has 0 radical (unpaired) electrons. The molecule has 2 N–H and O–H groups in total. The van der Waals surface area contributed by atoms with Gasteiger partial charge in [0.1, 0.15) is 19.0 Å². The highest BCUT2D eigenvalue weighted by Gasteiger charge is 2.46. The second-order valence-electron chi connectivity index (χ2n) is 8.20. The minimum atomic E-state index is -0.968. The number of amides is 1. The zero-order valence-corrected chi connectivity index (χ0v) is 20.7. The van der Waals surface area contributed by atoms with Crippen molar-refractivity contribution in [2.24, 2.45) is 0 Å². The third kappa shape index (κ3) is 4.13. The number of aliphatic hydroxyl groups excluding tert-OH is 1. The number of benzene rings is 2. The molecule has 1 unspecified atom stereocenters. The van der Waals surface area contributed by atoms with Crippen LogP contribution in [0.4, 0.5) is 0 Å². The van der Waals surface area contributed by atoms with Gasteiger partial charge in [-0.05, 0) is 63.5 Å². The minimum Gasteiger partial charge on any atom is -0.507 e. The summed E-state index contributed by atoms with van der Waals surface area (Å²) in [7, 11) is 1.40. The van der Waals surface area contributed by atoms with Gasteiger partial charge in [0.15, 0.2) is 23.0 Å². The Morgan fingerprint density at radius 3 is 2.67 bits per heavy atom. The van der Waals surface area contributed by atoms with Gasteiger partial charge in [0.2, 0.25) is 0 Å². The van der Waals surface area contributed by atoms with Crippen LogP contribution in [-0.4, -0.2) is 52.1 Å². The summed E-state index contributed by atoms with van der Waals surface area (Å²) in [5, 5.41) is 21.7. The fraction of sp³-hybridized carbons (Fsp3) is 0.192. The predicted molar refractivity (Wildman–Crippen MR) is 132 cm³/mol. The van der Waals surface area contributed by atoms with Crippen molar-refractivity contribution >= 4 is 33.4 Å². The third-order valence-corrected chi connectivity index (χ3v) is 6.62. The first-order valence-corrected chi connectivity index (χ1v) is 11.8. The van der Waals surface area contributed by atoms with Crippen LogP contribution < -0.4 is 14.2 Å². The van der Waals surface area contributed by atoms with E-state index in [0.717, 1.165) is 0 Å². The summed E-state index contributed by atoms with van der Waals surface area (Å²) >= 11 is 3.31. The first-order chi connectivity index (χ1) is 17.4. The summed E-state index contributed by atoms with van der Waals surface area (Å²) in [6.45, 7) is 0.838. The SMILES string of the molecule is COc1cc(C2C(=C(O)c3ccc4c(c3)OCCO4)C(=O)C(=O)N2Cc2cccnc2)cc(Br)c1O. The molecular weight excluding hydrogens is 532 g/mol. The lowest BCUT2D eigenvalue weighted by Gasteiger charge is -2.26. The maximum atomic E-state index is 13.3. The number of hydrogen-bond donors (Lipinski definition) is 2. The van der Waals surface area contributed by atoms with Gasteiger partial charge in [-0.15, -0.1) is 0 Å². The van der Waals surface area contributed by atoms with Crippen LogP contribution in [0, 0.1) is 0 Å². The number of Topliss-reactive ketones (excluding diaryl/α,β-unsaturated/α-hetero) is 1. The van der Waals surface area contributed by atoms with E-state index in [2.05, 4.69) is 20.9 Å². The second kappa shape index (κ2) is 9.54. The first kappa shape index (κ1) is 23.7. The highest BCUT2D eigenvalue weighted by molar-refractivity contribution is 9.10. The van der Waals surface area contributed by atoms with Crippen LogP contribution in [0.5, 0.6) is 23.0 Å². The van der Waals surface area contributed by atoms with Gasteiger partial charge in [-0.25, -0.2) is 0 Å². The Bertz CT molecular complexity index is 1390. The van der Waals surface area contributed by atoms with Crippen LogP contribution in [0.1, 0.15) is 22.7 Å². The number of fused-ring (bicyclic) bond motifs is 1. The van der Waals surface area contributed by atoms with E-state index in [9.17, 15) is 19.8 Å². The molecule has 3 heterocycles. The van der Waals surface area contributed by atoms with Gasteiger partial charge in [-0.1, -0.05) is 6.07 Å². The highest BCUT2D eigenvalue weighted by Crippen LogP contribution is 2.45. The number of pyridine rings is 1. The molecule has 2 aliphatic heterocycles. The van der Waals surface area contributed by atoms with Crippen molar-refractivity contribution in [2.45, 2.75) is 12.6 Å². The molecule has 5 rings (SSSR count). The van der Waals surface area contributed by atoms with Gasteiger partial charge in [0, 0.05) is 24.5 Å². The van der Waals surface area contributed by atoms with Gasteiger partial charge >= 0.3 is 0 Å². The maximum Gasteiger partial charge on any atom is 0.295 e. The molecule has 0 aliphatic carbocycles. The number of ketones is 1. The molecule has 1 aromatic heterocycles. The number of phenolic OH excluding ortho intramolecular Hbond substituents is 1. The van der Waals surface area contributed by atoms with E-state index in [1.165, 1.54) is 18.1 Å². The lowest BCUT2D eigenvalue weighted by atomic mass is 9.94. The van der Waals surface area contributed by atoms with Crippen molar-refractivity contribution in [3.8, 4) is 23.0 Å². The molecule has 9 nitrogen and oxygen atoms in total. The summed E-state index contributed by atoms with van der Waals surface area (Å²) < 4.78 is 16.8. The second-order valence-corrected chi connectivity index (χ2v) is 9.05. The molecule has 1 atom stereocenters. The molecule has 2 aromatic carbocycles. The molecule has 1 saturated heterocycles. The van der Waals surface area contributed by atoms with E-state index in [1.807, 2.05) is 0 Å². The zero-order chi connectivity index (χ0) is 25.4. The normalized spacial score (nSPS) is 18.4. The summed E-state index contributed by atoms with van der Waals surface area (Å²) in [5.41, 5.74) is 1.36. The third-order valence-electron chi connectivity index (χ3n) is 6.02. The fourth-order valence-corrected chi connectivity index (χ4v) is 4.79. The molecule has 36 heavy (non-hydrogen) atoms. The standard InChI is InChI=1S/C26H21BrN2O7/c1-34-20-11-16(9-17(27)24(20)31)22-21(23(30)15-4-5-18-19(10-15)36-8-7-35-18)25(32)26(33)29(22)13-14-3-2-6-28-12-14/h2-6,9-12,22,30-31H,7-8,13H2,1H3. The summed E-state index contributed by atoms with van der Waals surface area (Å²) in [4.78, 5) is 32.0. The molecule has 10 heteroatoms. The van der Waals surface area contributed by atoms with Crippen molar-refractivity contribution in [1.29, 1.82) is 0 Å². The number of carbonyl (C=O) groups excluding carboxylic acids is 2. The molecule has 0 saturated carbocycles. The summed E-state index contributed by atoms with van der Waals surface area (Å²) in [5.74, 6) is -0.986. The molecule has 1 fully saturated rings. The topological polar surface area (TPSA) is 118 Å². The first-order valence-electron chi connectivity index (χ1n) is 11.0. The van der Waals surface area contributed by atoms with Crippen LogP contribution >= 0.6 is 15.9 Å². The summed E-state index contributed by atoms with van der Waals surface area (Å²) in [6.07, 6.45) is 3.21. The number of ether oxygens (including phenoxy) is 3. The Hall–Kier alpha value is -4.05. The van der Waals surface area contributed by atoms with Crippen LogP contribution in [0.25, 0.3) is 5.76 Å². The van der Waals surface area contributed by atoms with E-state index >= 15 is 0 Å². The van der Waals surface area contributed by atoms with E-state index < -0.39 is 17.7 Å². The Balaban J connectivity index is 1.68. The van der Waals surface area contributed by atoms with Crippen LogP contribution in [0.2, 0.25) is 0 Å². The molecule has 1 amide bonds. The molecule has 3 aromatic rings. The number of carbonyl (C=O) groups is 2. The van der Waals surface area contributed by atoms with Gasteiger partial charge in [0.05, 0.1) is 23.2 Å². The number of aromatic nitrogens is 1. The van der Waals surface area contributed by atoms with E-state index in [-0.39, 0.29) is 29.4 Å². The Labute approximate surface area is 214 Å². The number of halogens is 1. The Morgan fingerprint density at radius 1 is 1.17 bits per heavy atom. The van der Waals surface area contributed by atoms with Crippen molar-refractivity contribution in [1.82, 2.24) is 9.88 Å². The van der Waals surface area contributed by atoms with Gasteiger partial charge < -0.3 is 29.3 Å². The lowest BCUT2D eigenvalue weighted by molar-refractivity contribution is -0.140. The predicted octanol–water partition coefficient (Wildman–Crippen LogP) is 3.95. The largest absolute Gasteiger partial charge is 0.507 e. The molecule has 184 valence electrons. The molecule has 0 bridgehead atoms. The maximum absolute atomic E-state index is 13.3. The molecular formula is C26H21BrN2O7. The smallest absolute Gasteiger partial charge is 0.295 e. The van der Waals surface area contributed by atoms with Crippen molar-refractivity contribution < 1.29 is 34.0 Å². The van der Waals surface area contributed by atoms with Crippen molar-refractivity contribution in [3.63, 3.8) is 0 Å². The number of hydrogen-bond acceptors (Lipinski definition) is 8.